The van der Waals surface area contributed by atoms with Crippen molar-refractivity contribution < 1.29 is 24.2 Å². The predicted octanol–water partition coefficient (Wildman–Crippen LogP) is 14.8. The summed E-state index contributed by atoms with van der Waals surface area (Å²) in [4.78, 5) is 16.0. The van der Waals surface area contributed by atoms with Gasteiger partial charge in [0.05, 0.1) is 16.9 Å². The first-order chi connectivity index (χ1) is 32.5. The maximum absolute atomic E-state index is 7.54. The first-order valence-electron chi connectivity index (χ1n) is 24.3. The number of pyridine rings is 2. The average molecular weight is 1080 g/mol. The molecule has 4 aromatic heterocycles. The molecule has 10 rings (SSSR count). The fraction of sp³-hybridized carbons (Fsp3) is 0.237. The SMILES string of the molecule is Cc1ccc2c(n1)sc1c(-c3nc4cc5ccccc5cc4n3-c3c(C(C)C)cccc3C(C)C)[c-]ccc12.[2H]C([2H])([2H])c1c[c-]c(-c2cc(CC(C)C)c([Si](C)(C)c3ccccc3)cn2)cc1.[Ir]. The molecule has 335 valence electrons. The molecule has 0 saturated heterocycles. The smallest absolute Gasteiger partial charge is 0.114 e. The fourth-order valence-electron chi connectivity index (χ4n) is 9.22. The third kappa shape index (κ3) is 9.11. The van der Waals surface area contributed by atoms with Gasteiger partial charge in [0.2, 0.25) is 0 Å². The predicted molar refractivity (Wildman–Crippen MR) is 281 cm³/mol. The number of imidazole rings is 1. The van der Waals surface area contributed by atoms with Crippen LogP contribution in [-0.4, -0.2) is 27.6 Å². The number of rotatable bonds is 9. The quantitative estimate of drug-likeness (QED) is 0.107. The summed E-state index contributed by atoms with van der Waals surface area (Å²) in [5.41, 5.74) is 11.4. The Balaban J connectivity index is 0.000000192. The Morgan fingerprint density at radius 3 is 2.12 bits per heavy atom. The molecule has 0 aliphatic heterocycles. The summed E-state index contributed by atoms with van der Waals surface area (Å²) in [7, 11) is -1.87. The largest absolute Gasteiger partial charge is 0.333 e. The molecule has 4 nitrogen and oxygen atoms in total. The zero-order valence-electron chi connectivity index (χ0n) is 42.2. The summed E-state index contributed by atoms with van der Waals surface area (Å²) in [6.07, 6.45) is 3.03. The van der Waals surface area contributed by atoms with Gasteiger partial charge in [0.1, 0.15) is 12.9 Å². The first-order valence-corrected chi connectivity index (χ1v) is 26.6. The molecular formula is C59H58IrN4SSi-2. The van der Waals surface area contributed by atoms with E-state index < -0.39 is 14.9 Å². The van der Waals surface area contributed by atoms with Crippen LogP contribution in [0.2, 0.25) is 13.1 Å². The van der Waals surface area contributed by atoms with Crippen LogP contribution in [0.4, 0.5) is 0 Å². The van der Waals surface area contributed by atoms with E-state index in [9.17, 15) is 0 Å². The summed E-state index contributed by atoms with van der Waals surface area (Å²) in [6.45, 7) is 18.3. The van der Waals surface area contributed by atoms with Gasteiger partial charge in [0.25, 0.3) is 0 Å². The van der Waals surface area contributed by atoms with Gasteiger partial charge in [-0.15, -0.1) is 53.6 Å². The van der Waals surface area contributed by atoms with E-state index in [0.29, 0.717) is 23.3 Å². The number of hydrogen-bond donors (Lipinski definition) is 0. The van der Waals surface area contributed by atoms with Gasteiger partial charge in [-0.2, -0.15) is 11.3 Å². The molecule has 6 aromatic carbocycles. The zero-order chi connectivity index (χ0) is 48.1. The molecule has 0 fully saturated rings. The number of nitrogens with zero attached hydrogens (tertiary/aromatic N) is 4. The third-order valence-corrected chi connectivity index (χ3v) is 17.3. The van der Waals surface area contributed by atoms with Crippen molar-refractivity contribution in [2.75, 3.05) is 0 Å². The van der Waals surface area contributed by atoms with Crippen LogP contribution >= 0.6 is 11.3 Å². The first kappa shape index (κ1) is 43.0. The van der Waals surface area contributed by atoms with Crippen molar-refractivity contribution in [2.24, 2.45) is 5.92 Å². The molecule has 0 bridgehead atoms. The van der Waals surface area contributed by atoms with Crippen LogP contribution in [0, 0.1) is 31.8 Å². The molecule has 0 saturated carbocycles. The second kappa shape index (κ2) is 19.3. The summed E-state index contributed by atoms with van der Waals surface area (Å²) >= 11 is 1.74. The van der Waals surface area contributed by atoms with Crippen molar-refractivity contribution in [1.82, 2.24) is 19.5 Å². The van der Waals surface area contributed by atoms with Gasteiger partial charge in [-0.1, -0.05) is 168 Å². The van der Waals surface area contributed by atoms with Crippen molar-refractivity contribution in [3.8, 4) is 28.3 Å². The molecule has 0 atom stereocenters. The van der Waals surface area contributed by atoms with Gasteiger partial charge >= 0.3 is 0 Å². The number of aromatic nitrogens is 4. The van der Waals surface area contributed by atoms with Crippen LogP contribution in [0.1, 0.15) is 85.4 Å². The standard InChI is InChI=1S/C35H30N3S.C24H28NSi.Ir/c1-20(2)25-12-8-13-26(21(3)4)32(25)38-31-19-24-11-7-6-10-23(24)18-30(31)37-34(38)29-15-9-14-27-28-17-16-22(5)36-35(28)39-33(27)29;1-18(2)15-21-16-23(20-13-11-19(3)12-14-20)25-17-24(21)26(4,5)22-9-7-6-8-10-22;/h6-14,16-21H,1-5H3;6-13,16-18H,15H2,1-5H3;/q2*-1;/i;3D3;. The monoisotopic (exact) mass is 1080 g/mol. The molecule has 1 radical (unpaired) electrons. The Labute approximate surface area is 413 Å². The third-order valence-electron chi connectivity index (χ3n) is 12.6. The maximum Gasteiger partial charge on any atom is 0.114 e. The van der Waals surface area contributed by atoms with Crippen LogP contribution in [-0.2, 0) is 26.5 Å². The molecule has 7 heteroatoms. The van der Waals surface area contributed by atoms with E-state index in [0.717, 1.165) is 50.6 Å². The minimum Gasteiger partial charge on any atom is -0.333 e. The Morgan fingerprint density at radius 2 is 1.45 bits per heavy atom. The topological polar surface area (TPSA) is 43.6 Å². The van der Waals surface area contributed by atoms with Gasteiger partial charge in [-0.3, -0.25) is 4.98 Å². The van der Waals surface area contributed by atoms with Crippen molar-refractivity contribution >= 4 is 71.9 Å². The van der Waals surface area contributed by atoms with Gasteiger partial charge in [0.15, 0.2) is 0 Å². The summed E-state index contributed by atoms with van der Waals surface area (Å²) in [5, 5.41) is 7.57. The van der Waals surface area contributed by atoms with Crippen molar-refractivity contribution in [3.05, 3.63) is 180 Å². The minimum atomic E-state index is -2.11. The molecule has 10 aromatic rings. The van der Waals surface area contributed by atoms with Crippen molar-refractivity contribution in [1.29, 1.82) is 0 Å². The van der Waals surface area contributed by atoms with Crippen molar-refractivity contribution in [3.63, 3.8) is 0 Å². The van der Waals surface area contributed by atoms with Crippen LogP contribution in [0.5, 0.6) is 0 Å². The average Bonchev–Trinajstić information content (AvgIpc) is 3.87. The van der Waals surface area contributed by atoms with E-state index in [1.165, 1.54) is 59.0 Å². The normalized spacial score (nSPS) is 12.7. The Bertz CT molecular complexity index is 3420. The van der Waals surface area contributed by atoms with Gasteiger partial charge < -0.3 is 9.55 Å². The zero-order valence-corrected chi connectivity index (χ0v) is 43.5. The molecule has 0 aliphatic carbocycles. The van der Waals surface area contributed by atoms with Crippen molar-refractivity contribution in [2.45, 2.75) is 86.7 Å². The second-order valence-corrected chi connectivity index (χ2v) is 24.2. The molecule has 0 amide bonds. The summed E-state index contributed by atoms with van der Waals surface area (Å²) in [5.74, 6) is 2.19. The molecular weight excluding hydrogens is 1020 g/mol. The molecule has 66 heavy (non-hydrogen) atoms. The fourth-order valence-corrected chi connectivity index (χ4v) is 13.1. The Hall–Kier alpha value is -5.56. The maximum atomic E-state index is 7.54. The molecule has 0 N–H and O–H groups in total. The van der Waals surface area contributed by atoms with E-state index in [2.05, 4.69) is 187 Å². The van der Waals surface area contributed by atoms with Gasteiger partial charge in [0, 0.05) is 41.8 Å². The van der Waals surface area contributed by atoms with E-state index >= 15 is 0 Å². The van der Waals surface area contributed by atoms with E-state index in [4.69, 9.17) is 19.1 Å². The number of para-hydroxylation sites is 1. The number of benzene rings is 6. The number of aryl methyl sites for hydroxylation is 2. The summed E-state index contributed by atoms with van der Waals surface area (Å²) < 4.78 is 26.2. The molecule has 4 heterocycles. The van der Waals surface area contributed by atoms with E-state index in [1.54, 1.807) is 23.5 Å². The van der Waals surface area contributed by atoms with Crippen LogP contribution in [0.25, 0.3) is 70.4 Å². The van der Waals surface area contributed by atoms with Crippen LogP contribution < -0.4 is 10.4 Å². The van der Waals surface area contributed by atoms with E-state index in [-0.39, 0.29) is 20.1 Å². The van der Waals surface area contributed by atoms with Crippen LogP contribution in [0.15, 0.2) is 140 Å². The molecule has 0 spiro atoms. The molecule has 0 unspecified atom stereocenters. The Morgan fingerprint density at radius 1 is 0.742 bits per heavy atom. The van der Waals surface area contributed by atoms with E-state index in [1.807, 2.05) is 18.3 Å². The van der Waals surface area contributed by atoms with Gasteiger partial charge in [-0.25, -0.2) is 4.98 Å². The van der Waals surface area contributed by atoms with Gasteiger partial charge in [-0.05, 0) is 92.2 Å². The number of hydrogen-bond acceptors (Lipinski definition) is 4. The number of thiophene rings is 1. The Kier molecular flexibility index (Phi) is 12.6. The van der Waals surface area contributed by atoms with Crippen LogP contribution in [0.3, 0.4) is 0 Å². The summed E-state index contributed by atoms with van der Waals surface area (Å²) in [6, 6.07) is 53.0. The number of fused-ring (bicyclic) bond motifs is 5. The second-order valence-electron chi connectivity index (χ2n) is 18.9. The molecule has 0 aliphatic rings. The minimum absolute atomic E-state index is 0.